The number of hydrogen-bond acceptors (Lipinski definition) is 3. The Kier molecular flexibility index (Phi) is 8.34. The summed E-state index contributed by atoms with van der Waals surface area (Å²) in [5.74, 6) is -0.905. The van der Waals surface area contributed by atoms with Gasteiger partial charge in [-0.3, -0.25) is 9.59 Å². The zero-order valence-corrected chi connectivity index (χ0v) is 19.7. The first-order valence-electron chi connectivity index (χ1n) is 11.2. The number of fused-ring (bicyclic) bond motifs is 1. The van der Waals surface area contributed by atoms with E-state index >= 15 is 0 Å². The van der Waals surface area contributed by atoms with E-state index < -0.39 is 5.97 Å². The maximum atomic E-state index is 12.2. The molecule has 1 atom stereocenters. The fraction of sp³-hybridized carbons (Fsp3) is 0.333. The zero-order chi connectivity index (χ0) is 23.1. The standard InChI is InChI=1S/C27H31NO3S/c1-4-5-25(19-6-8-20(9-7-19)27(31)28-15-14-26(29)30)23-11-10-22-17-24(32-18(2)3)13-12-21(22)16-23/h6-13,16-18,25H,4-5,14-15H2,1-3H3,(H,28,31)(H,29,30). The normalized spacial score (nSPS) is 12.1. The van der Waals surface area contributed by atoms with Crippen LogP contribution in [0.4, 0.5) is 0 Å². The molecule has 3 aromatic rings. The van der Waals surface area contributed by atoms with Gasteiger partial charge in [0.25, 0.3) is 5.91 Å². The molecule has 32 heavy (non-hydrogen) atoms. The second kappa shape index (κ2) is 11.2. The minimum atomic E-state index is -0.923. The smallest absolute Gasteiger partial charge is 0.305 e. The monoisotopic (exact) mass is 449 g/mol. The summed E-state index contributed by atoms with van der Waals surface area (Å²) in [6.45, 7) is 6.73. The van der Waals surface area contributed by atoms with E-state index in [0.29, 0.717) is 10.8 Å². The van der Waals surface area contributed by atoms with Crippen molar-refractivity contribution in [3.05, 3.63) is 77.4 Å². The molecule has 3 aromatic carbocycles. The zero-order valence-electron chi connectivity index (χ0n) is 18.9. The third kappa shape index (κ3) is 6.36. The highest BCUT2D eigenvalue weighted by atomic mass is 32.2. The molecule has 4 nitrogen and oxygen atoms in total. The van der Waals surface area contributed by atoms with Gasteiger partial charge >= 0.3 is 5.97 Å². The molecule has 0 radical (unpaired) electrons. The summed E-state index contributed by atoms with van der Waals surface area (Å²) in [6.07, 6.45) is 2.00. The average molecular weight is 450 g/mol. The van der Waals surface area contributed by atoms with Crippen LogP contribution in [0.3, 0.4) is 0 Å². The number of benzene rings is 3. The van der Waals surface area contributed by atoms with E-state index in [4.69, 9.17) is 5.11 Å². The fourth-order valence-electron chi connectivity index (χ4n) is 3.87. The lowest BCUT2D eigenvalue weighted by molar-refractivity contribution is -0.136. The summed E-state index contributed by atoms with van der Waals surface area (Å²) in [4.78, 5) is 24.2. The molecule has 0 aromatic heterocycles. The van der Waals surface area contributed by atoms with Crippen LogP contribution < -0.4 is 5.32 Å². The highest BCUT2D eigenvalue weighted by molar-refractivity contribution is 7.99. The molecule has 1 unspecified atom stereocenters. The lowest BCUT2D eigenvalue weighted by Gasteiger charge is -2.19. The maximum absolute atomic E-state index is 12.2. The largest absolute Gasteiger partial charge is 0.481 e. The summed E-state index contributed by atoms with van der Waals surface area (Å²) >= 11 is 1.88. The Morgan fingerprint density at radius 2 is 1.59 bits per heavy atom. The van der Waals surface area contributed by atoms with E-state index in [1.54, 1.807) is 0 Å². The van der Waals surface area contributed by atoms with E-state index in [0.717, 1.165) is 12.8 Å². The van der Waals surface area contributed by atoms with Gasteiger partial charge in [0.1, 0.15) is 0 Å². The van der Waals surface area contributed by atoms with Gasteiger partial charge in [0.05, 0.1) is 6.42 Å². The third-order valence-corrected chi connectivity index (χ3v) is 6.38. The number of hydrogen-bond donors (Lipinski definition) is 2. The van der Waals surface area contributed by atoms with Gasteiger partial charge in [-0.15, -0.1) is 11.8 Å². The molecule has 0 heterocycles. The maximum Gasteiger partial charge on any atom is 0.305 e. The minimum absolute atomic E-state index is 0.0813. The van der Waals surface area contributed by atoms with E-state index in [1.807, 2.05) is 36.0 Å². The first-order chi connectivity index (χ1) is 15.4. The number of carbonyl (C=O) groups is 2. The van der Waals surface area contributed by atoms with Crippen molar-refractivity contribution in [1.29, 1.82) is 0 Å². The SMILES string of the molecule is CCCC(c1ccc(C(=O)NCCC(=O)O)cc1)c1ccc2cc(SC(C)C)ccc2c1. The molecule has 0 saturated heterocycles. The summed E-state index contributed by atoms with van der Waals surface area (Å²) < 4.78 is 0. The molecule has 168 valence electrons. The Hall–Kier alpha value is -2.79. The number of nitrogens with one attached hydrogen (secondary N) is 1. The van der Waals surface area contributed by atoms with Crippen molar-refractivity contribution in [2.45, 2.75) is 56.1 Å². The van der Waals surface area contributed by atoms with Gasteiger partial charge < -0.3 is 10.4 Å². The first-order valence-corrected chi connectivity index (χ1v) is 12.1. The number of carbonyl (C=O) groups excluding carboxylic acids is 1. The van der Waals surface area contributed by atoms with Gasteiger partial charge in [-0.25, -0.2) is 0 Å². The molecule has 1 amide bonds. The summed E-state index contributed by atoms with van der Waals surface area (Å²) in [6, 6.07) is 21.1. The number of amides is 1. The van der Waals surface area contributed by atoms with Crippen molar-refractivity contribution < 1.29 is 14.7 Å². The second-order valence-corrected chi connectivity index (χ2v) is 9.95. The highest BCUT2D eigenvalue weighted by Crippen LogP contribution is 2.33. The van der Waals surface area contributed by atoms with Gasteiger partial charge in [0, 0.05) is 28.2 Å². The topological polar surface area (TPSA) is 66.4 Å². The summed E-state index contributed by atoms with van der Waals surface area (Å²) in [5, 5.41) is 14.4. The van der Waals surface area contributed by atoms with Crippen LogP contribution in [-0.4, -0.2) is 28.8 Å². The van der Waals surface area contributed by atoms with Crippen LogP contribution >= 0.6 is 11.8 Å². The van der Waals surface area contributed by atoms with Gasteiger partial charge in [-0.2, -0.15) is 0 Å². The second-order valence-electron chi connectivity index (χ2n) is 8.30. The molecular formula is C27H31NO3S. The Labute approximate surface area is 194 Å². The quantitative estimate of drug-likeness (QED) is 0.348. The van der Waals surface area contributed by atoms with Crippen LogP contribution in [0.25, 0.3) is 10.8 Å². The minimum Gasteiger partial charge on any atom is -0.481 e. The molecule has 2 N–H and O–H groups in total. The lowest BCUT2D eigenvalue weighted by Crippen LogP contribution is -2.25. The van der Waals surface area contributed by atoms with Crippen LogP contribution in [0.2, 0.25) is 0 Å². The number of thioether (sulfide) groups is 1. The molecule has 0 aliphatic carbocycles. The van der Waals surface area contributed by atoms with E-state index in [1.165, 1.54) is 26.8 Å². The lowest BCUT2D eigenvalue weighted by atomic mass is 9.86. The van der Waals surface area contributed by atoms with Gasteiger partial charge in [0.2, 0.25) is 0 Å². The van der Waals surface area contributed by atoms with Crippen molar-refractivity contribution >= 4 is 34.4 Å². The Bertz CT molecular complexity index is 1080. The van der Waals surface area contributed by atoms with Crippen molar-refractivity contribution in [2.24, 2.45) is 0 Å². The third-order valence-electron chi connectivity index (χ3n) is 5.39. The predicted octanol–water partition coefficient (Wildman–Crippen LogP) is 6.48. The van der Waals surface area contributed by atoms with Crippen LogP contribution in [0, 0.1) is 0 Å². The molecule has 5 heteroatoms. The number of carboxylic acid groups (broad SMARTS) is 1. The van der Waals surface area contributed by atoms with Crippen molar-refractivity contribution in [3.8, 4) is 0 Å². The molecule has 0 saturated carbocycles. The fourth-order valence-corrected chi connectivity index (χ4v) is 4.76. The first kappa shape index (κ1) is 23.9. The number of carboxylic acids is 1. The Balaban J connectivity index is 1.80. The summed E-state index contributed by atoms with van der Waals surface area (Å²) in [5.41, 5.74) is 3.01. The van der Waals surface area contributed by atoms with Gasteiger partial charge in [-0.1, -0.05) is 63.6 Å². The number of aliphatic carboxylic acids is 1. The van der Waals surface area contributed by atoms with Crippen LogP contribution in [0.5, 0.6) is 0 Å². The van der Waals surface area contributed by atoms with Crippen LogP contribution in [-0.2, 0) is 4.79 Å². The number of rotatable bonds is 10. The molecule has 0 fully saturated rings. The van der Waals surface area contributed by atoms with Crippen molar-refractivity contribution in [2.75, 3.05) is 6.54 Å². The van der Waals surface area contributed by atoms with Gasteiger partial charge in [0.15, 0.2) is 0 Å². The molecule has 0 aliphatic rings. The van der Waals surface area contributed by atoms with E-state index in [9.17, 15) is 9.59 Å². The van der Waals surface area contributed by atoms with Crippen molar-refractivity contribution in [1.82, 2.24) is 5.32 Å². The molecule has 0 bridgehead atoms. The molecule has 0 spiro atoms. The van der Waals surface area contributed by atoms with E-state index in [-0.39, 0.29) is 24.8 Å². The molecular weight excluding hydrogens is 418 g/mol. The van der Waals surface area contributed by atoms with Crippen molar-refractivity contribution in [3.63, 3.8) is 0 Å². The highest BCUT2D eigenvalue weighted by Gasteiger charge is 2.15. The predicted molar refractivity (Wildman–Crippen MR) is 133 cm³/mol. The van der Waals surface area contributed by atoms with Gasteiger partial charge in [-0.05, 0) is 52.6 Å². The van der Waals surface area contributed by atoms with Crippen LogP contribution in [0.15, 0.2) is 65.6 Å². The average Bonchev–Trinajstić information content (AvgIpc) is 2.76. The summed E-state index contributed by atoms with van der Waals surface area (Å²) in [7, 11) is 0. The molecule has 3 rings (SSSR count). The Morgan fingerprint density at radius 3 is 2.25 bits per heavy atom. The van der Waals surface area contributed by atoms with E-state index in [2.05, 4.69) is 62.5 Å². The molecule has 0 aliphatic heterocycles. The van der Waals surface area contributed by atoms with Crippen LogP contribution in [0.1, 0.15) is 67.4 Å². The Morgan fingerprint density at radius 1 is 0.938 bits per heavy atom.